The molecule has 1 heterocycles. The van der Waals surface area contributed by atoms with Gasteiger partial charge in [-0.25, -0.2) is 0 Å². The molecule has 0 bridgehead atoms. The number of aryl methyl sites for hydroxylation is 1. The van der Waals surface area contributed by atoms with Crippen LogP contribution in [0, 0.1) is 0 Å². The van der Waals surface area contributed by atoms with Crippen LogP contribution in [0.25, 0.3) is 0 Å². The van der Waals surface area contributed by atoms with Crippen molar-refractivity contribution < 1.29 is 5.11 Å². The number of aromatic nitrogens is 4. The van der Waals surface area contributed by atoms with E-state index >= 15 is 0 Å². The summed E-state index contributed by atoms with van der Waals surface area (Å²) in [5.41, 5.74) is 0. The molecule has 0 amide bonds. The van der Waals surface area contributed by atoms with Crippen molar-refractivity contribution in [2.24, 2.45) is 7.05 Å². The second-order valence-electron chi connectivity index (χ2n) is 3.61. The maximum Gasteiger partial charge on any atom is 0.177 e. The fraction of sp³-hybridized carbons (Fsp3) is 0.889. The highest BCUT2D eigenvalue weighted by Crippen LogP contribution is 2.15. The highest BCUT2D eigenvalue weighted by Gasteiger charge is 2.11. The van der Waals surface area contributed by atoms with Gasteiger partial charge >= 0.3 is 0 Å². The highest BCUT2D eigenvalue weighted by atomic mass is 32.2. The molecular formula is C9H18N4OS. The third-order valence-corrected chi connectivity index (χ3v) is 3.60. The second-order valence-corrected chi connectivity index (χ2v) is 5.08. The van der Waals surface area contributed by atoms with Crippen molar-refractivity contribution in [3.05, 3.63) is 5.82 Å². The molecule has 2 atom stereocenters. The van der Waals surface area contributed by atoms with Crippen LogP contribution in [0.4, 0.5) is 0 Å². The minimum atomic E-state index is -0.381. The van der Waals surface area contributed by atoms with Crippen molar-refractivity contribution in [3.8, 4) is 0 Å². The monoisotopic (exact) mass is 230 g/mol. The SMILES string of the molecule is CCC(C)SCC(O)Cc1nnn(C)n1. The first-order chi connectivity index (χ1) is 7.11. The van der Waals surface area contributed by atoms with Gasteiger partial charge in [-0.2, -0.15) is 16.6 Å². The van der Waals surface area contributed by atoms with Crippen molar-refractivity contribution in [3.63, 3.8) is 0 Å². The third-order valence-electron chi connectivity index (χ3n) is 2.12. The molecule has 86 valence electrons. The number of aliphatic hydroxyl groups is 1. The standard InChI is InChI=1S/C9H18N4OS/c1-4-7(2)15-6-8(14)5-9-10-12-13(3)11-9/h7-8,14H,4-6H2,1-3H3. The van der Waals surface area contributed by atoms with E-state index in [1.54, 1.807) is 18.8 Å². The fourth-order valence-corrected chi connectivity index (χ4v) is 1.97. The van der Waals surface area contributed by atoms with Gasteiger partial charge in [-0.3, -0.25) is 0 Å². The van der Waals surface area contributed by atoms with Crippen LogP contribution >= 0.6 is 11.8 Å². The van der Waals surface area contributed by atoms with Gasteiger partial charge in [-0.1, -0.05) is 13.8 Å². The summed E-state index contributed by atoms with van der Waals surface area (Å²) in [5, 5.41) is 21.9. The van der Waals surface area contributed by atoms with Gasteiger partial charge in [0, 0.05) is 17.4 Å². The molecule has 1 aromatic heterocycles. The summed E-state index contributed by atoms with van der Waals surface area (Å²) in [5.74, 6) is 1.34. The van der Waals surface area contributed by atoms with Crippen molar-refractivity contribution in [1.82, 2.24) is 20.2 Å². The van der Waals surface area contributed by atoms with Gasteiger partial charge in [0.25, 0.3) is 0 Å². The fourth-order valence-electron chi connectivity index (χ4n) is 1.07. The number of tetrazole rings is 1. The number of rotatable bonds is 6. The molecule has 0 aliphatic carbocycles. The molecule has 0 spiro atoms. The third kappa shape index (κ3) is 4.61. The van der Waals surface area contributed by atoms with E-state index in [1.165, 1.54) is 4.80 Å². The molecule has 0 aliphatic rings. The summed E-state index contributed by atoms with van der Waals surface area (Å²) in [7, 11) is 1.72. The Kier molecular flexibility index (Phi) is 5.04. The number of thioether (sulfide) groups is 1. The Bertz CT molecular complexity index is 291. The predicted molar refractivity (Wildman–Crippen MR) is 60.7 cm³/mol. The van der Waals surface area contributed by atoms with Gasteiger partial charge < -0.3 is 5.11 Å². The van der Waals surface area contributed by atoms with Gasteiger partial charge in [0.15, 0.2) is 5.82 Å². The van der Waals surface area contributed by atoms with Gasteiger partial charge in [-0.05, 0) is 11.6 Å². The zero-order valence-electron chi connectivity index (χ0n) is 9.42. The Morgan fingerprint density at radius 3 is 2.80 bits per heavy atom. The number of hydrogen-bond donors (Lipinski definition) is 1. The van der Waals surface area contributed by atoms with E-state index in [4.69, 9.17) is 0 Å². The van der Waals surface area contributed by atoms with Gasteiger partial charge in [-0.15, -0.1) is 10.2 Å². The van der Waals surface area contributed by atoms with E-state index in [-0.39, 0.29) is 6.10 Å². The van der Waals surface area contributed by atoms with Crippen LogP contribution in [0.2, 0.25) is 0 Å². The van der Waals surface area contributed by atoms with Crippen LogP contribution in [0.3, 0.4) is 0 Å². The first-order valence-electron chi connectivity index (χ1n) is 5.14. The minimum absolute atomic E-state index is 0.381. The summed E-state index contributed by atoms with van der Waals surface area (Å²) in [6.45, 7) is 4.31. The Labute approximate surface area is 94.3 Å². The molecule has 0 aliphatic heterocycles. The zero-order valence-corrected chi connectivity index (χ0v) is 10.2. The Hall–Kier alpha value is -0.620. The summed E-state index contributed by atoms with van der Waals surface area (Å²) in [6, 6.07) is 0. The second kappa shape index (κ2) is 6.07. The van der Waals surface area contributed by atoms with Crippen LogP contribution in [0.1, 0.15) is 26.1 Å². The van der Waals surface area contributed by atoms with Gasteiger partial charge in [0.1, 0.15) is 0 Å². The van der Waals surface area contributed by atoms with E-state index in [0.29, 0.717) is 17.5 Å². The summed E-state index contributed by atoms with van der Waals surface area (Å²) in [6.07, 6.45) is 1.23. The predicted octanol–water partition coefficient (Wildman–Crippen LogP) is 0.645. The molecule has 1 N–H and O–H groups in total. The topological polar surface area (TPSA) is 63.8 Å². The highest BCUT2D eigenvalue weighted by molar-refractivity contribution is 7.99. The van der Waals surface area contributed by atoms with Crippen molar-refractivity contribution in [1.29, 1.82) is 0 Å². The van der Waals surface area contributed by atoms with Gasteiger partial charge in [0.2, 0.25) is 0 Å². The molecule has 2 unspecified atom stereocenters. The van der Waals surface area contributed by atoms with Crippen LogP contribution < -0.4 is 0 Å². The quantitative estimate of drug-likeness (QED) is 0.777. The first-order valence-corrected chi connectivity index (χ1v) is 6.19. The van der Waals surface area contributed by atoms with E-state index in [1.807, 2.05) is 0 Å². The average Bonchev–Trinajstić information content (AvgIpc) is 2.60. The average molecular weight is 230 g/mol. The summed E-state index contributed by atoms with van der Waals surface area (Å²) in [4.78, 5) is 1.41. The lowest BCUT2D eigenvalue weighted by Gasteiger charge is -2.11. The van der Waals surface area contributed by atoms with E-state index in [0.717, 1.165) is 12.2 Å². The molecular weight excluding hydrogens is 212 g/mol. The molecule has 0 fully saturated rings. The Balaban J connectivity index is 2.27. The molecule has 0 radical (unpaired) electrons. The van der Waals surface area contributed by atoms with Crippen LogP contribution in [-0.4, -0.2) is 42.4 Å². The normalized spacial score (nSPS) is 15.2. The minimum Gasteiger partial charge on any atom is -0.392 e. The van der Waals surface area contributed by atoms with Gasteiger partial charge in [0.05, 0.1) is 13.2 Å². The molecule has 6 heteroatoms. The maximum absolute atomic E-state index is 9.72. The van der Waals surface area contributed by atoms with Crippen molar-refractivity contribution >= 4 is 11.8 Å². The molecule has 0 saturated carbocycles. The first kappa shape index (κ1) is 12.4. The lowest BCUT2D eigenvalue weighted by atomic mass is 10.3. The molecule has 1 rings (SSSR count). The number of hydrogen-bond acceptors (Lipinski definition) is 5. The summed E-state index contributed by atoms with van der Waals surface area (Å²) < 4.78 is 0. The number of aliphatic hydroxyl groups excluding tert-OH is 1. The van der Waals surface area contributed by atoms with E-state index in [2.05, 4.69) is 29.3 Å². The maximum atomic E-state index is 9.72. The Morgan fingerprint density at radius 2 is 2.27 bits per heavy atom. The zero-order chi connectivity index (χ0) is 11.3. The van der Waals surface area contributed by atoms with Crippen molar-refractivity contribution in [2.45, 2.75) is 38.0 Å². The molecule has 0 saturated heterocycles. The lowest BCUT2D eigenvalue weighted by molar-refractivity contribution is 0.197. The largest absolute Gasteiger partial charge is 0.392 e. The molecule has 0 aromatic carbocycles. The van der Waals surface area contributed by atoms with Crippen LogP contribution in [0.15, 0.2) is 0 Å². The van der Waals surface area contributed by atoms with E-state index in [9.17, 15) is 5.11 Å². The summed E-state index contributed by atoms with van der Waals surface area (Å²) >= 11 is 1.78. The Morgan fingerprint density at radius 1 is 1.53 bits per heavy atom. The van der Waals surface area contributed by atoms with E-state index < -0.39 is 0 Å². The smallest absolute Gasteiger partial charge is 0.177 e. The van der Waals surface area contributed by atoms with Crippen LogP contribution in [-0.2, 0) is 13.5 Å². The van der Waals surface area contributed by atoms with Crippen molar-refractivity contribution in [2.75, 3.05) is 5.75 Å². The molecule has 15 heavy (non-hydrogen) atoms. The lowest BCUT2D eigenvalue weighted by Crippen LogP contribution is -2.16. The molecule has 1 aromatic rings. The molecule has 5 nitrogen and oxygen atoms in total. The number of nitrogens with zero attached hydrogens (tertiary/aromatic N) is 4. The van der Waals surface area contributed by atoms with Crippen LogP contribution in [0.5, 0.6) is 0 Å².